The molecule has 3 fully saturated rings. The second-order valence-electron chi connectivity index (χ2n) is 8.31. The van der Waals surface area contributed by atoms with Gasteiger partial charge in [0.15, 0.2) is 5.25 Å². The number of carbonyl (C=O) groups excluding carboxylic acids is 5. The van der Waals surface area contributed by atoms with Gasteiger partial charge in [-0.25, -0.2) is 9.59 Å². The van der Waals surface area contributed by atoms with Crippen LogP contribution in [-0.2, 0) is 34.1 Å². The van der Waals surface area contributed by atoms with Crippen molar-refractivity contribution in [3.8, 4) is 0 Å². The third kappa shape index (κ3) is 8.16. The molecule has 3 unspecified atom stereocenters. The Morgan fingerprint density at radius 2 is 1.89 bits per heavy atom. The van der Waals surface area contributed by atoms with E-state index in [1.54, 1.807) is 0 Å². The standard InChI is InChI=1S/C19H28N4O9S4/c24-14(4-2-1-3-12-17-11(10-33-12)21-19(28)22-17)20-6-8-35-34-7-5-16(26)32-23-15(25)9-13(18(23)27)36(29,30)31/h11-13,17H,1-10H2,(H,20,24)(H2,21,22,28)(H,29,30,31)/t11?,12-,13?,17?/m0/s1. The predicted octanol–water partition coefficient (Wildman–Crippen LogP) is 0.0734. The first kappa shape index (κ1) is 28.9. The van der Waals surface area contributed by atoms with Crippen LogP contribution in [0, 0.1) is 0 Å². The van der Waals surface area contributed by atoms with Gasteiger partial charge in [0.25, 0.3) is 21.9 Å². The number of hydrogen-bond acceptors (Lipinski definition) is 11. The van der Waals surface area contributed by atoms with Crippen LogP contribution in [0.4, 0.5) is 4.79 Å². The van der Waals surface area contributed by atoms with Gasteiger partial charge in [-0.3, -0.25) is 18.9 Å². The second-order valence-corrected chi connectivity index (χ2v) is 13.9. The molecular formula is C19H28N4O9S4. The van der Waals surface area contributed by atoms with Gasteiger partial charge in [0.05, 0.1) is 24.9 Å². The molecule has 0 aromatic carbocycles. The number of amides is 5. The molecule has 13 nitrogen and oxygen atoms in total. The number of hydroxylamine groups is 2. The SMILES string of the molecule is O=C(CCCC[C@@H]1SCC2NC(=O)NC21)NCCSSCCC(=O)ON1C(=O)CC(S(=O)(=O)O)C1=O. The fourth-order valence-electron chi connectivity index (χ4n) is 3.90. The summed E-state index contributed by atoms with van der Waals surface area (Å²) in [6.07, 6.45) is 2.18. The van der Waals surface area contributed by atoms with Crippen LogP contribution in [0.2, 0.25) is 0 Å². The lowest BCUT2D eigenvalue weighted by molar-refractivity contribution is -0.197. The molecule has 4 atom stereocenters. The molecule has 4 N–H and O–H groups in total. The fraction of sp³-hybridized carbons (Fsp3) is 0.737. The molecule has 17 heteroatoms. The quantitative estimate of drug-likeness (QED) is 0.0708. The molecular weight excluding hydrogens is 556 g/mol. The van der Waals surface area contributed by atoms with E-state index >= 15 is 0 Å². The third-order valence-corrected chi connectivity index (χ3v) is 10.7. The minimum Gasteiger partial charge on any atom is -0.355 e. The first-order chi connectivity index (χ1) is 17.1. The number of rotatable bonds is 14. The first-order valence-electron chi connectivity index (χ1n) is 11.3. The molecule has 3 heterocycles. The van der Waals surface area contributed by atoms with Gasteiger partial charge in [-0.1, -0.05) is 28.0 Å². The molecule has 3 aliphatic rings. The highest BCUT2D eigenvalue weighted by molar-refractivity contribution is 8.76. The monoisotopic (exact) mass is 584 g/mol. The van der Waals surface area contributed by atoms with Crippen molar-refractivity contribution >= 4 is 73.2 Å². The van der Waals surface area contributed by atoms with Gasteiger partial charge in [-0.15, -0.1) is 5.06 Å². The van der Waals surface area contributed by atoms with Crippen molar-refractivity contribution in [1.82, 2.24) is 21.0 Å². The Morgan fingerprint density at radius 3 is 2.61 bits per heavy atom. The minimum absolute atomic E-state index is 0.0277. The van der Waals surface area contributed by atoms with Gasteiger partial charge in [0.1, 0.15) is 0 Å². The number of hydrogen-bond donors (Lipinski definition) is 4. The van der Waals surface area contributed by atoms with Crippen molar-refractivity contribution in [2.45, 2.75) is 61.1 Å². The van der Waals surface area contributed by atoms with Crippen LogP contribution < -0.4 is 16.0 Å². The molecule has 0 aromatic heterocycles. The summed E-state index contributed by atoms with van der Waals surface area (Å²) in [4.78, 5) is 63.3. The molecule has 0 aromatic rings. The number of thioether (sulfide) groups is 1. The zero-order valence-electron chi connectivity index (χ0n) is 19.2. The molecule has 3 aliphatic heterocycles. The molecule has 3 rings (SSSR count). The summed E-state index contributed by atoms with van der Waals surface area (Å²) >= 11 is 1.85. The first-order valence-corrected chi connectivity index (χ1v) is 16.3. The number of unbranched alkanes of at least 4 members (excludes halogenated alkanes) is 1. The van der Waals surface area contributed by atoms with Crippen LogP contribution in [0.5, 0.6) is 0 Å². The number of fused-ring (bicyclic) bond motifs is 1. The van der Waals surface area contributed by atoms with Crippen LogP contribution >= 0.6 is 33.3 Å². The number of nitrogens with one attached hydrogen (secondary N) is 3. The Labute approximate surface area is 220 Å². The normalized spacial score (nSPS) is 25.5. The van der Waals surface area contributed by atoms with Crippen molar-refractivity contribution in [2.75, 3.05) is 23.8 Å². The largest absolute Gasteiger partial charge is 0.355 e. The molecule has 0 aliphatic carbocycles. The van der Waals surface area contributed by atoms with E-state index in [4.69, 9.17) is 4.55 Å². The average Bonchev–Trinajstić information content (AvgIpc) is 3.44. The molecule has 36 heavy (non-hydrogen) atoms. The van der Waals surface area contributed by atoms with Crippen molar-refractivity contribution in [2.24, 2.45) is 0 Å². The molecule has 0 spiro atoms. The van der Waals surface area contributed by atoms with E-state index in [2.05, 4.69) is 20.8 Å². The molecule has 5 amide bonds. The zero-order chi connectivity index (χ0) is 26.3. The van der Waals surface area contributed by atoms with Crippen LogP contribution in [0.25, 0.3) is 0 Å². The van der Waals surface area contributed by atoms with Crippen LogP contribution in [0.1, 0.15) is 38.5 Å². The predicted molar refractivity (Wildman–Crippen MR) is 134 cm³/mol. The Morgan fingerprint density at radius 1 is 1.14 bits per heavy atom. The summed E-state index contributed by atoms with van der Waals surface area (Å²) in [6.45, 7) is 0.467. The minimum atomic E-state index is -4.76. The van der Waals surface area contributed by atoms with Crippen molar-refractivity contribution < 1.29 is 41.8 Å². The number of urea groups is 1. The highest BCUT2D eigenvalue weighted by atomic mass is 33.1. The maximum absolute atomic E-state index is 12.0. The van der Waals surface area contributed by atoms with E-state index in [-0.39, 0.29) is 35.5 Å². The lowest BCUT2D eigenvalue weighted by Crippen LogP contribution is -2.36. The van der Waals surface area contributed by atoms with E-state index in [9.17, 15) is 32.4 Å². The summed E-state index contributed by atoms with van der Waals surface area (Å²) in [5.74, 6) is -1.38. The third-order valence-electron chi connectivity index (χ3n) is 5.68. The van der Waals surface area contributed by atoms with Gasteiger partial charge < -0.3 is 20.8 Å². The van der Waals surface area contributed by atoms with E-state index < -0.39 is 39.6 Å². The zero-order valence-corrected chi connectivity index (χ0v) is 22.4. The van der Waals surface area contributed by atoms with E-state index in [0.29, 0.717) is 29.7 Å². The Bertz CT molecular complexity index is 980. The van der Waals surface area contributed by atoms with Gasteiger partial charge in [-0.05, 0) is 12.8 Å². The van der Waals surface area contributed by atoms with Gasteiger partial charge in [-0.2, -0.15) is 20.2 Å². The molecule has 0 saturated carbocycles. The Hall–Kier alpha value is -1.69. The fourth-order valence-corrected chi connectivity index (χ4v) is 8.02. The number of carbonyl (C=O) groups is 5. The maximum atomic E-state index is 12.0. The maximum Gasteiger partial charge on any atom is 0.334 e. The Balaban J connectivity index is 1.16. The Kier molecular flexibility index (Phi) is 10.6. The second kappa shape index (κ2) is 13.2. The van der Waals surface area contributed by atoms with Crippen molar-refractivity contribution in [3.05, 3.63) is 0 Å². The van der Waals surface area contributed by atoms with Gasteiger partial charge in [0, 0.05) is 35.5 Å². The average molecular weight is 585 g/mol. The van der Waals surface area contributed by atoms with E-state index in [1.807, 2.05) is 11.8 Å². The molecule has 0 bridgehead atoms. The lowest BCUT2D eigenvalue weighted by atomic mass is 10.0. The number of nitrogens with zero attached hydrogens (tertiary/aromatic N) is 1. The highest BCUT2D eigenvalue weighted by Gasteiger charge is 2.48. The molecule has 3 saturated heterocycles. The summed E-state index contributed by atoms with van der Waals surface area (Å²) in [6, 6.07) is 0.281. The summed E-state index contributed by atoms with van der Waals surface area (Å²) < 4.78 is 31.1. The smallest absolute Gasteiger partial charge is 0.334 e. The summed E-state index contributed by atoms with van der Waals surface area (Å²) in [5, 5.41) is 7.22. The van der Waals surface area contributed by atoms with Crippen LogP contribution in [-0.4, -0.2) is 94.1 Å². The van der Waals surface area contributed by atoms with Crippen LogP contribution in [0.15, 0.2) is 0 Å². The van der Waals surface area contributed by atoms with Gasteiger partial charge >= 0.3 is 12.0 Å². The van der Waals surface area contributed by atoms with Crippen molar-refractivity contribution in [1.29, 1.82) is 0 Å². The molecule has 0 radical (unpaired) electrons. The van der Waals surface area contributed by atoms with E-state index in [0.717, 1.165) is 25.0 Å². The van der Waals surface area contributed by atoms with Crippen molar-refractivity contribution in [3.63, 3.8) is 0 Å². The summed E-state index contributed by atoms with van der Waals surface area (Å²) in [5.41, 5.74) is 0. The van der Waals surface area contributed by atoms with Gasteiger partial charge in [0.2, 0.25) is 5.91 Å². The lowest BCUT2D eigenvalue weighted by Gasteiger charge is -2.16. The topological polar surface area (TPSA) is 188 Å². The van der Waals surface area contributed by atoms with Crippen LogP contribution in [0.3, 0.4) is 0 Å². The highest BCUT2D eigenvalue weighted by Crippen LogP contribution is 2.33. The van der Waals surface area contributed by atoms with E-state index in [1.165, 1.54) is 21.6 Å². The molecule has 202 valence electrons. The summed E-state index contributed by atoms with van der Waals surface area (Å²) in [7, 11) is -1.99. The number of imide groups is 1.